The van der Waals surface area contributed by atoms with E-state index < -0.39 is 5.97 Å². The van der Waals surface area contributed by atoms with E-state index >= 15 is 0 Å². The molecular formula is C14H25NO3. The average molecular weight is 255 g/mol. The number of aliphatic carboxylic acids is 1. The maximum atomic E-state index is 11.9. The molecule has 0 aromatic carbocycles. The lowest BCUT2D eigenvalue weighted by Gasteiger charge is -2.25. The summed E-state index contributed by atoms with van der Waals surface area (Å²) in [6, 6.07) is 0. The zero-order valence-corrected chi connectivity index (χ0v) is 11.3. The highest BCUT2D eigenvalue weighted by molar-refractivity contribution is 5.78. The van der Waals surface area contributed by atoms with Crippen LogP contribution in [0, 0.1) is 11.8 Å². The van der Waals surface area contributed by atoms with Gasteiger partial charge < -0.3 is 10.4 Å². The number of rotatable bonds is 7. The van der Waals surface area contributed by atoms with Crippen LogP contribution in [0.5, 0.6) is 0 Å². The van der Waals surface area contributed by atoms with Crippen molar-refractivity contribution < 1.29 is 14.7 Å². The Kier molecular flexibility index (Phi) is 6.76. The third-order valence-electron chi connectivity index (χ3n) is 3.67. The Hall–Kier alpha value is -1.06. The minimum Gasteiger partial charge on any atom is -0.481 e. The Morgan fingerprint density at radius 2 is 2.00 bits per heavy atom. The molecule has 1 saturated carbocycles. The van der Waals surface area contributed by atoms with E-state index in [-0.39, 0.29) is 18.2 Å². The van der Waals surface area contributed by atoms with Gasteiger partial charge in [-0.15, -0.1) is 0 Å². The second-order valence-corrected chi connectivity index (χ2v) is 5.46. The second kappa shape index (κ2) is 8.11. The van der Waals surface area contributed by atoms with E-state index in [0.717, 1.165) is 32.1 Å². The van der Waals surface area contributed by atoms with Crippen molar-refractivity contribution in [3.05, 3.63) is 0 Å². The first-order chi connectivity index (χ1) is 8.59. The van der Waals surface area contributed by atoms with Crippen LogP contribution in [0.1, 0.15) is 58.3 Å². The number of nitrogens with one attached hydrogen (secondary N) is 1. The molecule has 4 nitrogen and oxygen atoms in total. The number of amides is 1. The van der Waals surface area contributed by atoms with Crippen LogP contribution in [0.2, 0.25) is 0 Å². The first-order valence-corrected chi connectivity index (χ1v) is 7.09. The maximum Gasteiger partial charge on any atom is 0.303 e. The SMILES string of the molecule is CC1CCCC(C(=O)NCCCCCC(=O)O)C1. The molecule has 0 aromatic rings. The second-order valence-electron chi connectivity index (χ2n) is 5.46. The van der Waals surface area contributed by atoms with E-state index in [9.17, 15) is 9.59 Å². The fourth-order valence-corrected chi connectivity index (χ4v) is 2.61. The van der Waals surface area contributed by atoms with Crippen LogP contribution < -0.4 is 5.32 Å². The lowest BCUT2D eigenvalue weighted by Crippen LogP contribution is -2.34. The molecule has 2 N–H and O–H groups in total. The molecule has 0 bridgehead atoms. The fraction of sp³-hybridized carbons (Fsp3) is 0.857. The first-order valence-electron chi connectivity index (χ1n) is 7.09. The standard InChI is InChI=1S/C14H25NO3/c1-11-6-5-7-12(10-11)14(18)15-9-4-2-3-8-13(16)17/h11-12H,2-10H2,1H3,(H,15,18)(H,16,17). The van der Waals surface area contributed by atoms with Gasteiger partial charge in [0.25, 0.3) is 0 Å². The van der Waals surface area contributed by atoms with Crippen LogP contribution >= 0.6 is 0 Å². The predicted molar refractivity (Wildman–Crippen MR) is 70.2 cm³/mol. The van der Waals surface area contributed by atoms with Gasteiger partial charge in [0.2, 0.25) is 5.91 Å². The van der Waals surface area contributed by atoms with E-state index in [1.165, 1.54) is 6.42 Å². The molecule has 1 aliphatic rings. The van der Waals surface area contributed by atoms with Gasteiger partial charge in [0.05, 0.1) is 0 Å². The van der Waals surface area contributed by atoms with Gasteiger partial charge in [-0.3, -0.25) is 9.59 Å². The van der Waals surface area contributed by atoms with Crippen LogP contribution in [0.3, 0.4) is 0 Å². The summed E-state index contributed by atoms with van der Waals surface area (Å²) in [5, 5.41) is 11.5. The number of unbranched alkanes of at least 4 members (excludes halogenated alkanes) is 2. The van der Waals surface area contributed by atoms with Crippen molar-refractivity contribution in [3.63, 3.8) is 0 Å². The summed E-state index contributed by atoms with van der Waals surface area (Å²) in [6.45, 7) is 2.90. The van der Waals surface area contributed by atoms with E-state index in [4.69, 9.17) is 5.11 Å². The zero-order chi connectivity index (χ0) is 13.4. The third-order valence-corrected chi connectivity index (χ3v) is 3.67. The van der Waals surface area contributed by atoms with Crippen LogP contribution in [0.4, 0.5) is 0 Å². The van der Waals surface area contributed by atoms with Crippen LogP contribution in [-0.2, 0) is 9.59 Å². The summed E-state index contributed by atoms with van der Waals surface area (Å²) in [4.78, 5) is 22.2. The van der Waals surface area contributed by atoms with Gasteiger partial charge >= 0.3 is 5.97 Å². The van der Waals surface area contributed by atoms with Gasteiger partial charge in [0.15, 0.2) is 0 Å². The number of carbonyl (C=O) groups excluding carboxylic acids is 1. The summed E-state index contributed by atoms with van der Waals surface area (Å²) in [5.74, 6) is 0.327. The van der Waals surface area contributed by atoms with Crippen molar-refractivity contribution in [1.82, 2.24) is 5.32 Å². The number of carboxylic acid groups (broad SMARTS) is 1. The summed E-state index contributed by atoms with van der Waals surface area (Å²) < 4.78 is 0. The van der Waals surface area contributed by atoms with Gasteiger partial charge in [-0.1, -0.05) is 26.2 Å². The van der Waals surface area contributed by atoms with Crippen LogP contribution in [0.15, 0.2) is 0 Å². The highest BCUT2D eigenvalue weighted by atomic mass is 16.4. The van der Waals surface area contributed by atoms with Crippen molar-refractivity contribution in [2.75, 3.05) is 6.54 Å². The number of hydrogen-bond donors (Lipinski definition) is 2. The van der Waals surface area contributed by atoms with Crippen molar-refractivity contribution in [3.8, 4) is 0 Å². The van der Waals surface area contributed by atoms with Gasteiger partial charge in [-0.05, 0) is 31.6 Å². The molecule has 4 heteroatoms. The van der Waals surface area contributed by atoms with Crippen molar-refractivity contribution in [2.24, 2.45) is 11.8 Å². The molecular weight excluding hydrogens is 230 g/mol. The Balaban J connectivity index is 2.04. The highest BCUT2D eigenvalue weighted by Gasteiger charge is 2.24. The molecule has 18 heavy (non-hydrogen) atoms. The van der Waals surface area contributed by atoms with Gasteiger partial charge in [-0.2, -0.15) is 0 Å². The molecule has 2 atom stereocenters. The maximum absolute atomic E-state index is 11.9. The number of hydrogen-bond acceptors (Lipinski definition) is 2. The van der Waals surface area contributed by atoms with Crippen LogP contribution in [-0.4, -0.2) is 23.5 Å². The third kappa shape index (κ3) is 6.03. The largest absolute Gasteiger partial charge is 0.481 e. The Labute approximate surface area is 109 Å². The minimum atomic E-state index is -0.741. The molecule has 1 fully saturated rings. The number of carbonyl (C=O) groups is 2. The van der Waals surface area contributed by atoms with Gasteiger partial charge in [-0.25, -0.2) is 0 Å². The Bertz CT molecular complexity index is 278. The molecule has 0 heterocycles. The molecule has 104 valence electrons. The zero-order valence-electron chi connectivity index (χ0n) is 11.3. The summed E-state index contributed by atoms with van der Waals surface area (Å²) in [5.41, 5.74) is 0. The van der Waals surface area contributed by atoms with E-state index in [1.807, 2.05) is 0 Å². The monoisotopic (exact) mass is 255 g/mol. The predicted octanol–water partition coefficient (Wildman–Crippen LogP) is 2.57. The Morgan fingerprint density at radius 3 is 2.67 bits per heavy atom. The average Bonchev–Trinajstić information content (AvgIpc) is 2.33. The molecule has 0 aliphatic heterocycles. The Morgan fingerprint density at radius 1 is 1.22 bits per heavy atom. The van der Waals surface area contributed by atoms with Gasteiger partial charge in [0.1, 0.15) is 0 Å². The first kappa shape index (κ1) is 15.0. The molecule has 0 saturated heterocycles. The van der Waals surface area contributed by atoms with E-state index in [0.29, 0.717) is 18.9 Å². The van der Waals surface area contributed by atoms with E-state index in [1.54, 1.807) is 0 Å². The lowest BCUT2D eigenvalue weighted by atomic mass is 9.82. The molecule has 0 radical (unpaired) electrons. The molecule has 2 unspecified atom stereocenters. The lowest BCUT2D eigenvalue weighted by molar-refractivity contribution is -0.137. The fourth-order valence-electron chi connectivity index (χ4n) is 2.61. The smallest absolute Gasteiger partial charge is 0.303 e. The molecule has 1 amide bonds. The number of carboxylic acids is 1. The normalized spacial score (nSPS) is 23.6. The highest BCUT2D eigenvalue weighted by Crippen LogP contribution is 2.28. The van der Waals surface area contributed by atoms with Crippen molar-refractivity contribution in [2.45, 2.75) is 58.3 Å². The van der Waals surface area contributed by atoms with Gasteiger partial charge in [0, 0.05) is 18.9 Å². The molecule has 0 aromatic heterocycles. The van der Waals surface area contributed by atoms with Crippen LogP contribution in [0.25, 0.3) is 0 Å². The summed E-state index contributed by atoms with van der Waals surface area (Å²) in [6.07, 6.45) is 7.13. The molecule has 1 rings (SSSR count). The topological polar surface area (TPSA) is 66.4 Å². The summed E-state index contributed by atoms with van der Waals surface area (Å²) >= 11 is 0. The molecule has 0 spiro atoms. The quantitative estimate of drug-likeness (QED) is 0.687. The minimum absolute atomic E-state index is 0.194. The van der Waals surface area contributed by atoms with Crippen molar-refractivity contribution in [1.29, 1.82) is 0 Å². The molecule has 1 aliphatic carbocycles. The summed E-state index contributed by atoms with van der Waals surface area (Å²) in [7, 11) is 0. The van der Waals surface area contributed by atoms with Crippen molar-refractivity contribution >= 4 is 11.9 Å². The van der Waals surface area contributed by atoms with E-state index in [2.05, 4.69) is 12.2 Å².